The fourth-order valence-electron chi connectivity index (χ4n) is 1.61. The van der Waals surface area contributed by atoms with E-state index in [0.29, 0.717) is 25.6 Å². The van der Waals surface area contributed by atoms with Crippen molar-refractivity contribution in [2.75, 3.05) is 26.4 Å². The van der Waals surface area contributed by atoms with E-state index in [2.05, 4.69) is 5.32 Å². The summed E-state index contributed by atoms with van der Waals surface area (Å²) in [6.07, 6.45) is 1.63. The molecule has 0 radical (unpaired) electrons. The van der Waals surface area contributed by atoms with E-state index in [1.54, 1.807) is 0 Å². The highest BCUT2D eigenvalue weighted by Crippen LogP contribution is 2.16. The number of nitrogens with one attached hydrogen (secondary N) is 1. The highest BCUT2D eigenvalue weighted by molar-refractivity contribution is 5.76. The van der Waals surface area contributed by atoms with Gasteiger partial charge in [0.15, 0.2) is 0 Å². The molecule has 0 aromatic carbocycles. The Hall–Kier alpha value is -0.610. The molecule has 2 heterocycles. The lowest BCUT2D eigenvalue weighted by atomic mass is 10.0. The lowest BCUT2D eigenvalue weighted by Crippen LogP contribution is -2.48. The second kappa shape index (κ2) is 4.07. The molecule has 1 amide bonds. The molecule has 2 rings (SSSR count). The Bertz CT molecular complexity index is 185. The summed E-state index contributed by atoms with van der Waals surface area (Å²) >= 11 is 0. The molecule has 0 aromatic heterocycles. The van der Waals surface area contributed by atoms with Crippen molar-refractivity contribution in [2.24, 2.45) is 5.92 Å². The summed E-state index contributed by atoms with van der Waals surface area (Å²) in [5, 5.41) is 2.92. The van der Waals surface area contributed by atoms with Crippen molar-refractivity contribution in [3.8, 4) is 0 Å². The third-order valence-electron chi connectivity index (χ3n) is 2.50. The second-order valence-corrected chi connectivity index (χ2v) is 3.74. The highest BCUT2D eigenvalue weighted by Gasteiger charge is 2.23. The molecular weight excluding hydrogens is 170 g/mol. The van der Waals surface area contributed by atoms with E-state index in [4.69, 9.17) is 9.47 Å². The standard InChI is InChI=1S/C9H15NO3/c11-9(10-8-5-13-6-8)3-7-1-2-12-4-7/h7-8H,1-6H2,(H,10,11). The number of hydrogen-bond acceptors (Lipinski definition) is 3. The number of carbonyl (C=O) groups is 1. The number of ether oxygens (including phenoxy) is 2. The lowest BCUT2D eigenvalue weighted by Gasteiger charge is -2.27. The summed E-state index contributed by atoms with van der Waals surface area (Å²) in [6.45, 7) is 2.90. The van der Waals surface area contributed by atoms with Crippen LogP contribution < -0.4 is 5.32 Å². The molecule has 2 aliphatic rings. The van der Waals surface area contributed by atoms with Crippen molar-refractivity contribution >= 4 is 5.91 Å². The van der Waals surface area contributed by atoms with Gasteiger partial charge in [-0.1, -0.05) is 0 Å². The molecule has 0 aliphatic carbocycles. The molecule has 0 bridgehead atoms. The van der Waals surface area contributed by atoms with Crippen LogP contribution >= 0.6 is 0 Å². The van der Waals surface area contributed by atoms with E-state index in [1.165, 1.54) is 0 Å². The lowest BCUT2D eigenvalue weighted by molar-refractivity contribution is -0.126. The average molecular weight is 185 g/mol. The Morgan fingerprint density at radius 2 is 2.15 bits per heavy atom. The number of amides is 1. The molecule has 0 spiro atoms. The molecule has 74 valence electrons. The molecule has 0 aromatic rings. The number of hydrogen-bond donors (Lipinski definition) is 1. The van der Waals surface area contributed by atoms with Crippen LogP contribution in [0.25, 0.3) is 0 Å². The van der Waals surface area contributed by atoms with Crippen LogP contribution in [-0.4, -0.2) is 38.4 Å². The summed E-state index contributed by atoms with van der Waals surface area (Å²) in [7, 11) is 0. The minimum absolute atomic E-state index is 0.142. The number of carbonyl (C=O) groups excluding carboxylic acids is 1. The van der Waals surface area contributed by atoms with Gasteiger partial charge in [0.1, 0.15) is 0 Å². The topological polar surface area (TPSA) is 47.6 Å². The largest absolute Gasteiger partial charge is 0.381 e. The van der Waals surface area contributed by atoms with Gasteiger partial charge in [-0.25, -0.2) is 0 Å². The Labute approximate surface area is 77.6 Å². The maximum Gasteiger partial charge on any atom is 0.220 e. The van der Waals surface area contributed by atoms with Crippen LogP contribution in [0.4, 0.5) is 0 Å². The van der Waals surface area contributed by atoms with Crippen LogP contribution in [0.5, 0.6) is 0 Å². The SMILES string of the molecule is O=C(CC1CCOC1)NC1COC1. The van der Waals surface area contributed by atoms with Crippen LogP contribution in [0.15, 0.2) is 0 Å². The number of rotatable bonds is 3. The Morgan fingerprint density at radius 1 is 1.31 bits per heavy atom. The van der Waals surface area contributed by atoms with E-state index in [9.17, 15) is 4.79 Å². The minimum Gasteiger partial charge on any atom is -0.381 e. The summed E-state index contributed by atoms with van der Waals surface area (Å²) in [5.41, 5.74) is 0. The van der Waals surface area contributed by atoms with Crippen LogP contribution in [0, 0.1) is 5.92 Å². The van der Waals surface area contributed by atoms with Crippen molar-refractivity contribution < 1.29 is 14.3 Å². The first kappa shape index (κ1) is 8.97. The van der Waals surface area contributed by atoms with Gasteiger partial charge in [0, 0.05) is 19.6 Å². The average Bonchev–Trinajstić information content (AvgIpc) is 2.49. The van der Waals surface area contributed by atoms with Crippen molar-refractivity contribution in [1.82, 2.24) is 5.32 Å². The predicted molar refractivity (Wildman–Crippen MR) is 46.3 cm³/mol. The van der Waals surface area contributed by atoms with Gasteiger partial charge in [-0.3, -0.25) is 4.79 Å². The van der Waals surface area contributed by atoms with E-state index >= 15 is 0 Å². The molecule has 1 atom stereocenters. The molecule has 4 nitrogen and oxygen atoms in total. The van der Waals surface area contributed by atoms with Gasteiger partial charge < -0.3 is 14.8 Å². The first-order valence-electron chi connectivity index (χ1n) is 4.79. The first-order valence-corrected chi connectivity index (χ1v) is 4.79. The normalized spacial score (nSPS) is 28.5. The minimum atomic E-state index is 0.142. The van der Waals surface area contributed by atoms with Gasteiger partial charge in [0.05, 0.1) is 19.3 Å². The van der Waals surface area contributed by atoms with Gasteiger partial charge in [-0.15, -0.1) is 0 Å². The highest BCUT2D eigenvalue weighted by atomic mass is 16.5. The maximum absolute atomic E-state index is 11.4. The van der Waals surface area contributed by atoms with Gasteiger partial charge in [0.25, 0.3) is 0 Å². The van der Waals surface area contributed by atoms with E-state index in [0.717, 1.165) is 19.6 Å². The van der Waals surface area contributed by atoms with Crippen molar-refractivity contribution in [3.05, 3.63) is 0 Å². The van der Waals surface area contributed by atoms with Crippen molar-refractivity contribution in [2.45, 2.75) is 18.9 Å². The fraction of sp³-hybridized carbons (Fsp3) is 0.889. The molecule has 2 fully saturated rings. The van der Waals surface area contributed by atoms with Gasteiger partial charge in [-0.2, -0.15) is 0 Å². The van der Waals surface area contributed by atoms with Crippen molar-refractivity contribution in [3.63, 3.8) is 0 Å². The zero-order valence-electron chi connectivity index (χ0n) is 7.62. The Morgan fingerprint density at radius 3 is 2.69 bits per heavy atom. The molecule has 1 N–H and O–H groups in total. The summed E-state index contributed by atoms with van der Waals surface area (Å²) in [4.78, 5) is 11.4. The van der Waals surface area contributed by atoms with Gasteiger partial charge in [0.2, 0.25) is 5.91 Å². The molecule has 0 saturated carbocycles. The Balaban J connectivity index is 1.64. The molecule has 2 aliphatic heterocycles. The van der Waals surface area contributed by atoms with E-state index in [-0.39, 0.29) is 11.9 Å². The third kappa shape index (κ3) is 2.42. The van der Waals surface area contributed by atoms with Crippen LogP contribution in [0.3, 0.4) is 0 Å². The zero-order chi connectivity index (χ0) is 9.10. The Kier molecular flexibility index (Phi) is 2.80. The second-order valence-electron chi connectivity index (χ2n) is 3.74. The molecule has 1 unspecified atom stereocenters. The third-order valence-corrected chi connectivity index (χ3v) is 2.50. The smallest absolute Gasteiger partial charge is 0.220 e. The summed E-state index contributed by atoms with van der Waals surface area (Å²) in [5.74, 6) is 0.574. The molecular formula is C9H15NO3. The molecule has 4 heteroatoms. The summed E-state index contributed by atoms with van der Waals surface area (Å²) in [6, 6.07) is 0.259. The van der Waals surface area contributed by atoms with Crippen molar-refractivity contribution in [1.29, 1.82) is 0 Å². The first-order chi connectivity index (χ1) is 6.34. The monoisotopic (exact) mass is 185 g/mol. The molecule has 2 saturated heterocycles. The van der Waals surface area contributed by atoms with Crippen LogP contribution in [-0.2, 0) is 14.3 Å². The molecule has 13 heavy (non-hydrogen) atoms. The maximum atomic E-state index is 11.4. The van der Waals surface area contributed by atoms with Gasteiger partial charge >= 0.3 is 0 Å². The quantitative estimate of drug-likeness (QED) is 0.669. The fourth-order valence-corrected chi connectivity index (χ4v) is 1.61. The summed E-state index contributed by atoms with van der Waals surface area (Å²) < 4.78 is 10.2. The predicted octanol–water partition coefficient (Wildman–Crippen LogP) is -0.0720. The van der Waals surface area contributed by atoms with Crippen LogP contribution in [0.1, 0.15) is 12.8 Å². The van der Waals surface area contributed by atoms with E-state index < -0.39 is 0 Å². The van der Waals surface area contributed by atoms with E-state index in [1.807, 2.05) is 0 Å². The van der Waals surface area contributed by atoms with Crippen LogP contribution in [0.2, 0.25) is 0 Å². The zero-order valence-corrected chi connectivity index (χ0v) is 7.62. The van der Waals surface area contributed by atoms with Gasteiger partial charge in [-0.05, 0) is 12.3 Å².